The minimum atomic E-state index is -4.39. The van der Waals surface area contributed by atoms with Crippen LogP contribution in [0.15, 0.2) is 29.2 Å². The summed E-state index contributed by atoms with van der Waals surface area (Å²) >= 11 is -0.281. The van der Waals surface area contributed by atoms with Gasteiger partial charge in [0.05, 0.1) is 13.2 Å². The third-order valence-corrected chi connectivity index (χ3v) is 2.76. The van der Waals surface area contributed by atoms with Crippen LogP contribution in [0, 0.1) is 0 Å². The zero-order chi connectivity index (χ0) is 14.5. The van der Waals surface area contributed by atoms with Crippen molar-refractivity contribution in [1.82, 2.24) is 0 Å². The van der Waals surface area contributed by atoms with Gasteiger partial charge in [-0.1, -0.05) is 12.1 Å². The summed E-state index contributed by atoms with van der Waals surface area (Å²) in [5.41, 5.74) is -4.17. The van der Waals surface area contributed by atoms with Crippen LogP contribution in [-0.2, 0) is 9.53 Å². The Hall–Kier alpha value is -1.25. The van der Waals surface area contributed by atoms with Crippen molar-refractivity contribution in [1.29, 1.82) is 0 Å². The summed E-state index contributed by atoms with van der Waals surface area (Å²) in [4.78, 5) is 10.9. The molecule has 19 heavy (non-hydrogen) atoms. The zero-order valence-corrected chi connectivity index (χ0v) is 10.4. The second-order valence-electron chi connectivity index (χ2n) is 3.43. The molecule has 0 aliphatic carbocycles. The highest BCUT2D eigenvalue weighted by Gasteiger charge is 2.29. The maximum atomic E-state index is 12.1. The third-order valence-electron chi connectivity index (χ3n) is 2.02. The summed E-state index contributed by atoms with van der Waals surface area (Å²) in [6, 6.07) is 4.85. The minimum absolute atomic E-state index is 0.0393. The van der Waals surface area contributed by atoms with Gasteiger partial charge in [0.15, 0.2) is 6.10 Å². The number of hydrogen-bond donors (Lipinski definition) is 2. The molecule has 1 aromatic carbocycles. The first-order valence-electron chi connectivity index (χ1n) is 5.14. The van der Waals surface area contributed by atoms with Crippen LogP contribution < -0.4 is 0 Å². The number of carbonyl (C=O) groups is 1. The van der Waals surface area contributed by atoms with E-state index >= 15 is 0 Å². The van der Waals surface area contributed by atoms with Crippen LogP contribution in [0.2, 0.25) is 0 Å². The molecule has 1 aromatic rings. The first-order chi connectivity index (χ1) is 8.83. The molecular formula is C11H11F3O4S. The van der Waals surface area contributed by atoms with E-state index in [1.54, 1.807) is 0 Å². The fourth-order valence-corrected chi connectivity index (χ4v) is 1.86. The highest BCUT2D eigenvalue weighted by molar-refractivity contribution is 8.00. The van der Waals surface area contributed by atoms with E-state index in [1.807, 2.05) is 0 Å². The number of aliphatic hydroxyl groups is 1. The molecule has 1 rings (SSSR count). The zero-order valence-electron chi connectivity index (χ0n) is 9.55. The average molecular weight is 296 g/mol. The van der Waals surface area contributed by atoms with Crippen molar-refractivity contribution in [2.45, 2.75) is 16.5 Å². The van der Waals surface area contributed by atoms with Crippen molar-refractivity contribution in [3.63, 3.8) is 0 Å². The lowest BCUT2D eigenvalue weighted by Gasteiger charge is -2.14. The van der Waals surface area contributed by atoms with Gasteiger partial charge in [-0.2, -0.15) is 13.2 Å². The maximum Gasteiger partial charge on any atom is 0.446 e. The van der Waals surface area contributed by atoms with Crippen molar-refractivity contribution in [3.05, 3.63) is 29.8 Å². The van der Waals surface area contributed by atoms with Gasteiger partial charge in [0.2, 0.25) is 0 Å². The normalized spacial score (nSPS) is 13.3. The van der Waals surface area contributed by atoms with E-state index in [9.17, 15) is 18.0 Å². The molecule has 0 radical (unpaired) electrons. The van der Waals surface area contributed by atoms with Gasteiger partial charge < -0.3 is 14.9 Å². The summed E-state index contributed by atoms with van der Waals surface area (Å²) in [5, 5.41) is 17.5. The fraction of sp³-hybridized carbons (Fsp3) is 0.364. The summed E-state index contributed by atoms with van der Waals surface area (Å²) in [5.74, 6) is -1.27. The molecule has 0 fully saturated rings. The monoisotopic (exact) mass is 296 g/mol. The highest BCUT2D eigenvalue weighted by atomic mass is 32.2. The van der Waals surface area contributed by atoms with Gasteiger partial charge in [0.1, 0.15) is 0 Å². The lowest BCUT2D eigenvalue weighted by Crippen LogP contribution is -2.17. The van der Waals surface area contributed by atoms with Crippen molar-refractivity contribution in [2.24, 2.45) is 0 Å². The number of hydrogen-bond acceptors (Lipinski definition) is 4. The van der Waals surface area contributed by atoms with Gasteiger partial charge >= 0.3 is 11.5 Å². The Labute approximate surface area is 111 Å². The predicted octanol–water partition coefficient (Wildman–Crippen LogP) is 2.43. The summed E-state index contributed by atoms with van der Waals surface area (Å²) < 4.78 is 41.2. The smallest absolute Gasteiger partial charge is 0.446 e. The van der Waals surface area contributed by atoms with E-state index < -0.39 is 17.6 Å². The van der Waals surface area contributed by atoms with Gasteiger partial charge in [-0.25, -0.2) is 4.79 Å². The number of ether oxygens (including phenoxy) is 1. The molecule has 8 heteroatoms. The maximum absolute atomic E-state index is 12.1. The van der Waals surface area contributed by atoms with Gasteiger partial charge in [0.25, 0.3) is 0 Å². The van der Waals surface area contributed by atoms with E-state index in [0.717, 1.165) is 0 Å². The predicted molar refractivity (Wildman–Crippen MR) is 61.8 cm³/mol. The number of aliphatic carboxylic acids is 1. The molecule has 0 aliphatic heterocycles. The van der Waals surface area contributed by atoms with E-state index in [1.165, 1.54) is 24.3 Å². The molecule has 0 bridgehead atoms. The molecule has 0 heterocycles. The average Bonchev–Trinajstić information content (AvgIpc) is 2.29. The molecule has 1 atom stereocenters. The molecule has 4 nitrogen and oxygen atoms in total. The Morgan fingerprint density at radius 2 is 1.89 bits per heavy atom. The van der Waals surface area contributed by atoms with E-state index in [-0.39, 0.29) is 35.4 Å². The third kappa shape index (κ3) is 5.50. The summed E-state index contributed by atoms with van der Waals surface area (Å²) in [6.45, 7) is -0.512. The Kier molecular flexibility index (Phi) is 5.64. The number of carboxylic acids is 1. The fourth-order valence-electron chi connectivity index (χ4n) is 1.32. The Morgan fingerprint density at radius 3 is 2.32 bits per heavy atom. The lowest BCUT2D eigenvalue weighted by molar-refractivity contribution is -0.151. The van der Waals surface area contributed by atoms with Gasteiger partial charge in [0, 0.05) is 4.90 Å². The van der Waals surface area contributed by atoms with Crippen LogP contribution in [0.25, 0.3) is 0 Å². The number of carboxylic acid groups (broad SMARTS) is 1. The lowest BCUT2D eigenvalue weighted by atomic mass is 10.1. The SMILES string of the molecule is O=C(O)C(OCCO)c1ccc(SC(F)(F)F)cc1. The van der Waals surface area contributed by atoms with E-state index in [0.29, 0.717) is 0 Å². The van der Waals surface area contributed by atoms with E-state index in [2.05, 4.69) is 0 Å². The number of alkyl halides is 3. The molecule has 106 valence electrons. The second-order valence-corrected chi connectivity index (χ2v) is 4.57. The molecule has 0 saturated carbocycles. The standard InChI is InChI=1S/C11H11F3O4S/c12-11(13,14)19-8-3-1-7(2-4-8)9(10(16)17)18-6-5-15/h1-4,9,15H,5-6H2,(H,16,17). The Balaban J connectivity index is 2.80. The van der Waals surface area contributed by atoms with Gasteiger partial charge in [-0.05, 0) is 29.5 Å². The Bertz CT molecular complexity index is 419. The topological polar surface area (TPSA) is 66.8 Å². The van der Waals surface area contributed by atoms with Crippen LogP contribution in [0.1, 0.15) is 11.7 Å². The highest BCUT2D eigenvalue weighted by Crippen LogP contribution is 2.37. The summed E-state index contributed by atoms with van der Waals surface area (Å²) in [7, 11) is 0. The molecular weight excluding hydrogens is 285 g/mol. The molecule has 2 N–H and O–H groups in total. The van der Waals surface area contributed by atoms with Gasteiger partial charge in [-0.3, -0.25) is 0 Å². The van der Waals surface area contributed by atoms with Crippen LogP contribution in [0.3, 0.4) is 0 Å². The number of thioether (sulfide) groups is 1. The second kappa shape index (κ2) is 6.78. The van der Waals surface area contributed by atoms with Crippen LogP contribution in [0.5, 0.6) is 0 Å². The van der Waals surface area contributed by atoms with Crippen LogP contribution in [-0.4, -0.2) is 34.9 Å². The minimum Gasteiger partial charge on any atom is -0.479 e. The van der Waals surface area contributed by atoms with Crippen molar-refractivity contribution in [3.8, 4) is 0 Å². The van der Waals surface area contributed by atoms with Crippen LogP contribution in [0.4, 0.5) is 13.2 Å². The Morgan fingerprint density at radius 1 is 1.32 bits per heavy atom. The van der Waals surface area contributed by atoms with Crippen LogP contribution >= 0.6 is 11.8 Å². The molecule has 0 aromatic heterocycles. The number of aliphatic hydroxyl groups excluding tert-OH is 1. The molecule has 0 amide bonds. The number of benzene rings is 1. The first-order valence-corrected chi connectivity index (χ1v) is 5.96. The largest absolute Gasteiger partial charge is 0.479 e. The quantitative estimate of drug-likeness (QED) is 0.789. The van der Waals surface area contributed by atoms with Crippen molar-refractivity contribution >= 4 is 17.7 Å². The number of rotatable bonds is 6. The number of halogens is 3. The van der Waals surface area contributed by atoms with E-state index in [4.69, 9.17) is 14.9 Å². The molecule has 1 unspecified atom stereocenters. The first kappa shape index (κ1) is 15.8. The molecule has 0 saturated heterocycles. The van der Waals surface area contributed by atoms with Crippen molar-refractivity contribution in [2.75, 3.05) is 13.2 Å². The summed E-state index contributed by atoms with van der Waals surface area (Å²) in [6.07, 6.45) is -1.31. The van der Waals surface area contributed by atoms with Crippen molar-refractivity contribution < 1.29 is 32.9 Å². The molecule has 0 aliphatic rings. The van der Waals surface area contributed by atoms with Gasteiger partial charge in [-0.15, -0.1) is 0 Å². The molecule has 0 spiro atoms.